The Hall–Kier alpha value is -1.29. The highest BCUT2D eigenvalue weighted by Gasteiger charge is 2.21. The predicted octanol–water partition coefficient (Wildman–Crippen LogP) is 2.72. The lowest BCUT2D eigenvalue weighted by atomic mass is 10.3. The summed E-state index contributed by atoms with van der Waals surface area (Å²) < 4.78 is 5.07. The number of hydrogen-bond donors (Lipinski definition) is 0. The summed E-state index contributed by atoms with van der Waals surface area (Å²) >= 11 is 0. The van der Waals surface area contributed by atoms with Crippen LogP contribution < -0.4 is 0 Å². The molecular formula is C14H26N2O2. The van der Waals surface area contributed by atoms with Crippen molar-refractivity contribution < 1.29 is 9.21 Å². The smallest absolute Gasteiger partial charge is 0.289 e. The van der Waals surface area contributed by atoms with Gasteiger partial charge in [0.2, 0.25) is 0 Å². The van der Waals surface area contributed by atoms with Crippen molar-refractivity contribution >= 4 is 5.91 Å². The van der Waals surface area contributed by atoms with E-state index in [9.17, 15) is 4.79 Å². The minimum absolute atomic E-state index is 0.00287. The quantitative estimate of drug-likeness (QED) is 0.773. The van der Waals surface area contributed by atoms with E-state index < -0.39 is 0 Å². The summed E-state index contributed by atoms with van der Waals surface area (Å²) in [7, 11) is 2.06. The molecule has 1 aromatic rings. The van der Waals surface area contributed by atoms with E-state index in [0.29, 0.717) is 5.76 Å². The number of likely N-dealkylation sites (N-methyl/N-ethyl adjacent to an activating group) is 1. The van der Waals surface area contributed by atoms with Crippen molar-refractivity contribution in [1.82, 2.24) is 9.80 Å². The number of carbonyl (C=O) groups is 1. The normalized spacial score (nSPS) is 15.1. The van der Waals surface area contributed by atoms with Crippen LogP contribution in [0.4, 0.5) is 0 Å². The minimum atomic E-state index is 0.00287. The Bertz CT molecular complexity index is 302. The van der Waals surface area contributed by atoms with Crippen LogP contribution in [0.5, 0.6) is 0 Å². The maximum absolute atomic E-state index is 11.8. The highest BCUT2D eigenvalue weighted by molar-refractivity contribution is 5.91. The van der Waals surface area contributed by atoms with Gasteiger partial charge in [0, 0.05) is 26.2 Å². The second kappa shape index (κ2) is 9.71. The second-order valence-corrected chi connectivity index (χ2v) is 3.57. The van der Waals surface area contributed by atoms with Gasteiger partial charge in [0.05, 0.1) is 6.26 Å². The molecule has 2 rings (SSSR count). The minimum Gasteiger partial charge on any atom is -0.459 e. The molecule has 1 saturated heterocycles. The zero-order valence-corrected chi connectivity index (χ0v) is 12.3. The van der Waals surface area contributed by atoms with E-state index in [-0.39, 0.29) is 5.91 Å². The summed E-state index contributed by atoms with van der Waals surface area (Å²) in [5.74, 6) is 0.442. The van der Waals surface area contributed by atoms with Crippen LogP contribution >= 0.6 is 0 Å². The van der Waals surface area contributed by atoms with E-state index >= 15 is 0 Å². The molecule has 0 bridgehead atoms. The summed E-state index contributed by atoms with van der Waals surface area (Å²) in [5.41, 5.74) is 0. The molecule has 104 valence electrons. The van der Waals surface area contributed by atoms with Crippen LogP contribution in [0.3, 0.4) is 0 Å². The number of piperazine rings is 1. The van der Waals surface area contributed by atoms with Crippen LogP contribution in [0.2, 0.25) is 0 Å². The average molecular weight is 254 g/mol. The van der Waals surface area contributed by atoms with E-state index in [0.717, 1.165) is 26.2 Å². The van der Waals surface area contributed by atoms with E-state index in [2.05, 4.69) is 11.9 Å². The Morgan fingerprint density at radius 3 is 2.11 bits per heavy atom. The lowest BCUT2D eigenvalue weighted by molar-refractivity contribution is 0.0632. The predicted molar refractivity (Wildman–Crippen MR) is 74.8 cm³/mol. The van der Waals surface area contributed by atoms with Gasteiger partial charge in [0.15, 0.2) is 5.76 Å². The molecule has 1 amide bonds. The highest BCUT2D eigenvalue weighted by Crippen LogP contribution is 2.08. The van der Waals surface area contributed by atoms with Crippen LogP contribution in [0.15, 0.2) is 22.8 Å². The van der Waals surface area contributed by atoms with Crippen molar-refractivity contribution in [1.29, 1.82) is 0 Å². The topological polar surface area (TPSA) is 36.7 Å². The van der Waals surface area contributed by atoms with Gasteiger partial charge in [0.25, 0.3) is 5.91 Å². The van der Waals surface area contributed by atoms with Gasteiger partial charge >= 0.3 is 0 Å². The van der Waals surface area contributed by atoms with Crippen LogP contribution in [0.1, 0.15) is 38.2 Å². The monoisotopic (exact) mass is 254 g/mol. The van der Waals surface area contributed by atoms with Crippen molar-refractivity contribution in [2.24, 2.45) is 0 Å². The van der Waals surface area contributed by atoms with Crippen molar-refractivity contribution in [3.8, 4) is 0 Å². The first-order valence-electron chi connectivity index (χ1n) is 6.79. The maximum atomic E-state index is 11.8. The molecule has 1 fully saturated rings. The number of furan rings is 1. The zero-order valence-electron chi connectivity index (χ0n) is 12.3. The molecular weight excluding hydrogens is 228 g/mol. The number of hydrogen-bond acceptors (Lipinski definition) is 3. The summed E-state index contributed by atoms with van der Waals surface area (Å²) in [6.07, 6.45) is 1.53. The van der Waals surface area contributed by atoms with Gasteiger partial charge in [-0.05, 0) is 19.2 Å². The first-order valence-corrected chi connectivity index (χ1v) is 6.79. The first-order chi connectivity index (χ1) is 8.77. The Balaban J connectivity index is 0.000000659. The van der Waals surface area contributed by atoms with Crippen LogP contribution in [0.25, 0.3) is 0 Å². The van der Waals surface area contributed by atoms with Crippen molar-refractivity contribution in [3.63, 3.8) is 0 Å². The summed E-state index contributed by atoms with van der Waals surface area (Å²) in [4.78, 5) is 15.8. The fraction of sp³-hybridized carbons (Fsp3) is 0.643. The molecule has 2 heterocycles. The number of rotatable bonds is 1. The van der Waals surface area contributed by atoms with Crippen LogP contribution in [-0.2, 0) is 0 Å². The van der Waals surface area contributed by atoms with Crippen molar-refractivity contribution in [2.75, 3.05) is 33.2 Å². The van der Waals surface area contributed by atoms with E-state index in [4.69, 9.17) is 4.42 Å². The molecule has 0 N–H and O–H groups in total. The van der Waals surface area contributed by atoms with Gasteiger partial charge in [0.1, 0.15) is 0 Å². The number of nitrogens with zero attached hydrogens (tertiary/aromatic N) is 2. The van der Waals surface area contributed by atoms with Gasteiger partial charge in [-0.2, -0.15) is 0 Å². The van der Waals surface area contributed by atoms with Crippen LogP contribution in [-0.4, -0.2) is 48.9 Å². The Morgan fingerprint density at radius 1 is 1.11 bits per heavy atom. The van der Waals surface area contributed by atoms with Gasteiger partial charge in [-0.3, -0.25) is 4.79 Å². The molecule has 0 spiro atoms. The standard InChI is InChI=1S/C10H14N2O2.2C2H6/c1-11-4-6-12(7-5-11)10(13)9-3-2-8-14-9;2*1-2/h2-3,8H,4-7H2,1H3;2*1-2H3. The average Bonchev–Trinajstić information content (AvgIpc) is 2.97. The van der Waals surface area contributed by atoms with Gasteiger partial charge in [-0.1, -0.05) is 27.7 Å². The zero-order chi connectivity index (χ0) is 14.0. The van der Waals surface area contributed by atoms with Gasteiger partial charge < -0.3 is 14.2 Å². The lowest BCUT2D eigenvalue weighted by Gasteiger charge is -2.31. The second-order valence-electron chi connectivity index (χ2n) is 3.57. The molecule has 4 heteroatoms. The summed E-state index contributed by atoms with van der Waals surface area (Å²) in [6, 6.07) is 3.45. The molecule has 0 radical (unpaired) electrons. The Morgan fingerprint density at radius 2 is 1.67 bits per heavy atom. The largest absolute Gasteiger partial charge is 0.459 e. The molecule has 0 atom stereocenters. The fourth-order valence-corrected chi connectivity index (χ4v) is 1.57. The molecule has 18 heavy (non-hydrogen) atoms. The lowest BCUT2D eigenvalue weighted by Crippen LogP contribution is -2.47. The van der Waals surface area contributed by atoms with E-state index in [1.165, 1.54) is 6.26 Å². The SMILES string of the molecule is CC.CC.CN1CCN(C(=O)c2ccco2)CC1. The number of carbonyl (C=O) groups excluding carboxylic acids is 1. The molecule has 0 aliphatic carbocycles. The van der Waals surface area contributed by atoms with Crippen molar-refractivity contribution in [2.45, 2.75) is 27.7 Å². The third-order valence-electron chi connectivity index (χ3n) is 2.52. The molecule has 1 aliphatic heterocycles. The van der Waals surface area contributed by atoms with Crippen molar-refractivity contribution in [3.05, 3.63) is 24.2 Å². The molecule has 1 aliphatic rings. The maximum Gasteiger partial charge on any atom is 0.289 e. The third kappa shape index (κ3) is 4.92. The molecule has 0 saturated carbocycles. The Kier molecular flexibility index (Phi) is 9.01. The first kappa shape index (κ1) is 16.7. The summed E-state index contributed by atoms with van der Waals surface area (Å²) in [5, 5.41) is 0. The van der Waals surface area contributed by atoms with E-state index in [1.54, 1.807) is 12.1 Å². The Labute approximate surface area is 111 Å². The molecule has 0 unspecified atom stereocenters. The van der Waals surface area contributed by atoms with Gasteiger partial charge in [-0.25, -0.2) is 0 Å². The fourth-order valence-electron chi connectivity index (χ4n) is 1.57. The van der Waals surface area contributed by atoms with E-state index in [1.807, 2.05) is 32.6 Å². The van der Waals surface area contributed by atoms with Crippen LogP contribution in [0, 0.1) is 0 Å². The summed E-state index contributed by atoms with van der Waals surface area (Å²) in [6.45, 7) is 11.4. The highest BCUT2D eigenvalue weighted by atomic mass is 16.3. The molecule has 4 nitrogen and oxygen atoms in total. The molecule has 1 aromatic heterocycles. The third-order valence-corrected chi connectivity index (χ3v) is 2.52. The molecule has 0 aromatic carbocycles. The number of amides is 1. The van der Waals surface area contributed by atoms with Gasteiger partial charge in [-0.15, -0.1) is 0 Å².